The normalized spacial score (nSPS) is 21.7. The summed E-state index contributed by atoms with van der Waals surface area (Å²) in [5.41, 5.74) is 2.37. The fourth-order valence-electron chi connectivity index (χ4n) is 4.94. The predicted molar refractivity (Wildman–Crippen MR) is 117 cm³/mol. The van der Waals surface area contributed by atoms with Crippen LogP contribution >= 0.6 is 0 Å². The molecule has 7 heteroatoms. The van der Waals surface area contributed by atoms with Crippen molar-refractivity contribution in [2.24, 2.45) is 4.99 Å². The van der Waals surface area contributed by atoms with Gasteiger partial charge in [0.2, 0.25) is 0 Å². The molecule has 2 aliphatic rings. The highest BCUT2D eigenvalue weighted by molar-refractivity contribution is 5.79. The molecule has 2 N–H and O–H groups in total. The Morgan fingerprint density at radius 3 is 2.52 bits per heavy atom. The Morgan fingerprint density at radius 2 is 1.90 bits per heavy atom. The molecule has 1 aliphatic heterocycles. The SMILES string of the molecule is CCNC(=NCC1(N2CCOCC2)CCCCC1)NCC(C)c1c(C)noc1C. The maximum atomic E-state index is 5.60. The van der Waals surface area contributed by atoms with Crippen LogP contribution in [0, 0.1) is 13.8 Å². The number of hydrogen-bond donors (Lipinski definition) is 2. The number of aromatic nitrogens is 1. The fourth-order valence-corrected chi connectivity index (χ4v) is 4.94. The van der Waals surface area contributed by atoms with Crippen LogP contribution in [-0.2, 0) is 4.74 Å². The third-order valence-corrected chi connectivity index (χ3v) is 6.50. The Hall–Kier alpha value is -1.60. The lowest BCUT2D eigenvalue weighted by molar-refractivity contribution is -0.0333. The van der Waals surface area contributed by atoms with Gasteiger partial charge in [0.25, 0.3) is 0 Å². The summed E-state index contributed by atoms with van der Waals surface area (Å²) in [6, 6.07) is 0. The number of ether oxygens (including phenoxy) is 1. The molecule has 0 spiro atoms. The Bertz CT molecular complexity index is 641. The standard InChI is InChI=1S/C22H39N5O2/c1-5-23-21(24-15-17(2)20-18(3)26-29-19(20)4)25-16-22(9-7-6-8-10-22)27-11-13-28-14-12-27/h17H,5-16H2,1-4H3,(H2,23,24,25). The van der Waals surface area contributed by atoms with Crippen molar-refractivity contribution >= 4 is 5.96 Å². The van der Waals surface area contributed by atoms with E-state index in [1.807, 2.05) is 13.8 Å². The molecule has 2 fully saturated rings. The lowest BCUT2D eigenvalue weighted by atomic mass is 9.80. The van der Waals surface area contributed by atoms with Gasteiger partial charge in [-0.1, -0.05) is 31.3 Å². The number of rotatable bonds is 7. The Balaban J connectivity index is 1.66. The minimum atomic E-state index is 0.192. The van der Waals surface area contributed by atoms with Crippen molar-refractivity contribution in [2.45, 2.75) is 71.3 Å². The van der Waals surface area contributed by atoms with E-state index in [9.17, 15) is 0 Å². The molecule has 1 saturated carbocycles. The van der Waals surface area contributed by atoms with Crippen LogP contribution < -0.4 is 10.6 Å². The second kappa shape index (κ2) is 10.4. The number of aliphatic imine (C=N–C) groups is 1. The molecule has 0 radical (unpaired) electrons. The summed E-state index contributed by atoms with van der Waals surface area (Å²) in [6.07, 6.45) is 6.44. The first-order valence-corrected chi connectivity index (χ1v) is 11.3. The maximum Gasteiger partial charge on any atom is 0.191 e. The molecular weight excluding hydrogens is 366 g/mol. The number of nitrogens with one attached hydrogen (secondary N) is 2. The van der Waals surface area contributed by atoms with Gasteiger partial charge in [-0.3, -0.25) is 9.89 Å². The average Bonchev–Trinajstić information content (AvgIpc) is 3.09. The summed E-state index contributed by atoms with van der Waals surface area (Å²) in [5.74, 6) is 2.13. The summed E-state index contributed by atoms with van der Waals surface area (Å²) in [4.78, 5) is 7.70. The molecule has 1 atom stereocenters. The Morgan fingerprint density at radius 1 is 1.17 bits per heavy atom. The van der Waals surface area contributed by atoms with E-state index in [1.165, 1.54) is 37.7 Å². The van der Waals surface area contributed by atoms with Gasteiger partial charge in [-0.25, -0.2) is 0 Å². The van der Waals surface area contributed by atoms with Gasteiger partial charge < -0.3 is 19.9 Å². The van der Waals surface area contributed by atoms with E-state index in [0.29, 0.717) is 5.92 Å². The summed E-state index contributed by atoms with van der Waals surface area (Å²) in [7, 11) is 0. The van der Waals surface area contributed by atoms with Crippen LogP contribution in [0.1, 0.15) is 68.9 Å². The molecule has 3 rings (SSSR count). The first-order chi connectivity index (χ1) is 14.1. The van der Waals surface area contributed by atoms with Crippen LogP contribution in [0.15, 0.2) is 9.52 Å². The van der Waals surface area contributed by atoms with Crippen molar-refractivity contribution < 1.29 is 9.26 Å². The van der Waals surface area contributed by atoms with E-state index in [0.717, 1.165) is 63.4 Å². The zero-order chi connectivity index (χ0) is 20.7. The number of hydrogen-bond acceptors (Lipinski definition) is 5. The molecule has 0 bridgehead atoms. The third kappa shape index (κ3) is 5.51. The smallest absolute Gasteiger partial charge is 0.191 e. The Labute approximate surface area is 175 Å². The van der Waals surface area contributed by atoms with Crippen LogP contribution in [0.4, 0.5) is 0 Å². The highest BCUT2D eigenvalue weighted by Crippen LogP contribution is 2.34. The van der Waals surface area contributed by atoms with Crippen molar-refractivity contribution in [3.05, 3.63) is 17.0 Å². The summed E-state index contributed by atoms with van der Waals surface area (Å²) < 4.78 is 10.9. The van der Waals surface area contributed by atoms with Crippen LogP contribution in [0.5, 0.6) is 0 Å². The topological polar surface area (TPSA) is 74.9 Å². The minimum absolute atomic E-state index is 0.192. The molecule has 1 unspecified atom stereocenters. The number of morpholine rings is 1. The highest BCUT2D eigenvalue weighted by atomic mass is 16.5. The van der Waals surface area contributed by atoms with Crippen molar-refractivity contribution in [1.82, 2.24) is 20.7 Å². The second-order valence-electron chi connectivity index (χ2n) is 8.60. The van der Waals surface area contributed by atoms with Gasteiger partial charge in [0.05, 0.1) is 25.5 Å². The van der Waals surface area contributed by atoms with Crippen LogP contribution in [-0.4, -0.2) is 67.5 Å². The van der Waals surface area contributed by atoms with Gasteiger partial charge in [-0.05, 0) is 33.6 Å². The van der Waals surface area contributed by atoms with E-state index in [-0.39, 0.29) is 5.54 Å². The molecular formula is C22H39N5O2. The summed E-state index contributed by atoms with van der Waals surface area (Å²) in [6.45, 7) is 14.6. The molecule has 0 aromatic carbocycles. The van der Waals surface area contributed by atoms with Gasteiger partial charge in [0.15, 0.2) is 5.96 Å². The minimum Gasteiger partial charge on any atom is -0.379 e. The Kier molecular flexibility index (Phi) is 7.95. The van der Waals surface area contributed by atoms with E-state index in [2.05, 4.69) is 34.5 Å². The zero-order valence-electron chi connectivity index (χ0n) is 18.7. The summed E-state index contributed by atoms with van der Waals surface area (Å²) in [5, 5.41) is 11.1. The van der Waals surface area contributed by atoms with Crippen molar-refractivity contribution in [3.8, 4) is 0 Å². The molecule has 1 aromatic rings. The molecule has 2 heterocycles. The fraction of sp³-hybridized carbons (Fsp3) is 0.818. The van der Waals surface area contributed by atoms with Gasteiger partial charge >= 0.3 is 0 Å². The number of nitrogens with zero attached hydrogens (tertiary/aromatic N) is 3. The first kappa shape index (κ1) is 22.1. The third-order valence-electron chi connectivity index (χ3n) is 6.50. The van der Waals surface area contributed by atoms with Crippen molar-refractivity contribution in [3.63, 3.8) is 0 Å². The van der Waals surface area contributed by atoms with Crippen molar-refractivity contribution in [2.75, 3.05) is 45.9 Å². The lowest BCUT2D eigenvalue weighted by Crippen LogP contribution is -2.56. The lowest BCUT2D eigenvalue weighted by Gasteiger charge is -2.47. The van der Waals surface area contributed by atoms with Crippen LogP contribution in [0.3, 0.4) is 0 Å². The van der Waals surface area contributed by atoms with Gasteiger partial charge in [0.1, 0.15) is 5.76 Å². The second-order valence-corrected chi connectivity index (χ2v) is 8.60. The van der Waals surface area contributed by atoms with E-state index in [4.69, 9.17) is 14.3 Å². The monoisotopic (exact) mass is 405 g/mol. The van der Waals surface area contributed by atoms with Crippen LogP contribution in [0.2, 0.25) is 0 Å². The van der Waals surface area contributed by atoms with E-state index >= 15 is 0 Å². The first-order valence-electron chi connectivity index (χ1n) is 11.3. The zero-order valence-corrected chi connectivity index (χ0v) is 18.7. The maximum absolute atomic E-state index is 5.60. The summed E-state index contributed by atoms with van der Waals surface area (Å²) >= 11 is 0. The predicted octanol–water partition coefficient (Wildman–Crippen LogP) is 2.99. The molecule has 1 aromatic heterocycles. The molecule has 164 valence electrons. The van der Waals surface area contributed by atoms with Gasteiger partial charge in [0, 0.05) is 43.2 Å². The quantitative estimate of drug-likeness (QED) is 0.537. The molecule has 1 saturated heterocycles. The largest absolute Gasteiger partial charge is 0.379 e. The number of guanidine groups is 1. The van der Waals surface area contributed by atoms with Gasteiger partial charge in [-0.2, -0.15) is 0 Å². The van der Waals surface area contributed by atoms with Crippen molar-refractivity contribution in [1.29, 1.82) is 0 Å². The molecule has 1 aliphatic carbocycles. The molecule has 7 nitrogen and oxygen atoms in total. The number of aryl methyl sites for hydroxylation is 2. The van der Waals surface area contributed by atoms with E-state index in [1.54, 1.807) is 0 Å². The van der Waals surface area contributed by atoms with E-state index < -0.39 is 0 Å². The highest BCUT2D eigenvalue weighted by Gasteiger charge is 2.38. The average molecular weight is 406 g/mol. The molecule has 0 amide bonds. The van der Waals surface area contributed by atoms with Gasteiger partial charge in [-0.15, -0.1) is 0 Å². The van der Waals surface area contributed by atoms with Crippen LogP contribution in [0.25, 0.3) is 0 Å². The molecule has 29 heavy (non-hydrogen) atoms.